The molecule has 3 rings (SSSR count). The maximum absolute atomic E-state index is 12.6. The highest BCUT2D eigenvalue weighted by atomic mass is 79.9. The van der Waals surface area contributed by atoms with Crippen molar-refractivity contribution >= 4 is 44.4 Å². The Balaban J connectivity index is 1.93. The number of anilines is 2. The van der Waals surface area contributed by atoms with E-state index in [1.807, 2.05) is 56.3 Å². The lowest BCUT2D eigenvalue weighted by atomic mass is 10.2. The number of ether oxygens (including phenoxy) is 2. The Morgan fingerprint density at radius 3 is 2.56 bits per heavy atom. The van der Waals surface area contributed by atoms with Gasteiger partial charge in [-0.2, -0.15) is 0 Å². The van der Waals surface area contributed by atoms with Gasteiger partial charge in [-0.05, 0) is 49.7 Å². The Hall–Kier alpha value is -2.51. The number of aryl methyl sites for hydroxylation is 1. The summed E-state index contributed by atoms with van der Waals surface area (Å²) in [5.74, 6) is -0.180. The summed E-state index contributed by atoms with van der Waals surface area (Å²) in [5.41, 5.74) is 3.34. The van der Waals surface area contributed by atoms with E-state index in [2.05, 4.69) is 31.2 Å². The predicted octanol–water partition coefficient (Wildman–Crippen LogP) is 4.64. The van der Waals surface area contributed by atoms with Crippen LogP contribution in [-0.4, -0.2) is 35.8 Å². The van der Waals surface area contributed by atoms with Crippen molar-refractivity contribution in [2.24, 2.45) is 0 Å². The maximum Gasteiger partial charge on any atom is 0.360 e. The molecule has 3 aromatic rings. The normalized spacial score (nSPS) is 10.8. The van der Waals surface area contributed by atoms with Crippen molar-refractivity contribution in [1.29, 1.82) is 0 Å². The van der Waals surface area contributed by atoms with E-state index >= 15 is 0 Å². The van der Waals surface area contributed by atoms with Crippen LogP contribution in [-0.2, 0) is 9.47 Å². The molecule has 27 heavy (non-hydrogen) atoms. The van der Waals surface area contributed by atoms with Gasteiger partial charge in [0.15, 0.2) is 11.5 Å². The molecule has 0 saturated heterocycles. The molecule has 0 radical (unpaired) electrons. The lowest BCUT2D eigenvalue weighted by Gasteiger charge is -2.12. The average Bonchev–Trinajstić information content (AvgIpc) is 2.67. The molecule has 7 heteroatoms. The van der Waals surface area contributed by atoms with Crippen molar-refractivity contribution in [3.8, 4) is 0 Å². The van der Waals surface area contributed by atoms with E-state index in [-0.39, 0.29) is 12.3 Å². The first-order chi connectivity index (χ1) is 13.1. The summed E-state index contributed by atoms with van der Waals surface area (Å²) in [7, 11) is 0. The Morgan fingerprint density at radius 2 is 1.85 bits per heavy atom. The fraction of sp³-hybridized carbons (Fsp3) is 0.250. The van der Waals surface area contributed by atoms with Crippen LogP contribution < -0.4 is 5.32 Å². The number of esters is 1. The number of para-hydroxylation sites is 2. The predicted molar refractivity (Wildman–Crippen MR) is 108 cm³/mol. The van der Waals surface area contributed by atoms with Crippen molar-refractivity contribution in [3.63, 3.8) is 0 Å². The number of nitrogens with one attached hydrogen (secondary N) is 1. The van der Waals surface area contributed by atoms with Gasteiger partial charge in [-0.3, -0.25) is 0 Å². The molecule has 1 N–H and O–H groups in total. The van der Waals surface area contributed by atoms with Crippen LogP contribution >= 0.6 is 15.9 Å². The number of rotatable bonds is 7. The Morgan fingerprint density at radius 1 is 1.11 bits per heavy atom. The molecule has 0 aliphatic heterocycles. The van der Waals surface area contributed by atoms with Crippen LogP contribution in [0.4, 0.5) is 11.5 Å². The molecule has 0 aliphatic rings. The van der Waals surface area contributed by atoms with Crippen molar-refractivity contribution in [3.05, 3.63) is 58.2 Å². The topological polar surface area (TPSA) is 73.3 Å². The van der Waals surface area contributed by atoms with Crippen LogP contribution in [0.2, 0.25) is 0 Å². The first-order valence-corrected chi connectivity index (χ1v) is 9.42. The van der Waals surface area contributed by atoms with E-state index in [9.17, 15) is 4.79 Å². The van der Waals surface area contributed by atoms with Crippen LogP contribution in [0.3, 0.4) is 0 Å². The summed E-state index contributed by atoms with van der Waals surface area (Å²) in [6.07, 6.45) is 0. The molecular formula is C20H20BrN3O3. The minimum atomic E-state index is -0.538. The van der Waals surface area contributed by atoms with Crippen LogP contribution in [0.15, 0.2) is 46.9 Å². The maximum atomic E-state index is 12.6. The molecule has 0 aliphatic carbocycles. The van der Waals surface area contributed by atoms with E-state index < -0.39 is 5.97 Å². The summed E-state index contributed by atoms with van der Waals surface area (Å²) >= 11 is 3.48. The zero-order valence-corrected chi connectivity index (χ0v) is 16.7. The summed E-state index contributed by atoms with van der Waals surface area (Å²) in [5, 5.41) is 3.19. The zero-order chi connectivity index (χ0) is 19.2. The van der Waals surface area contributed by atoms with E-state index in [0.717, 1.165) is 15.7 Å². The van der Waals surface area contributed by atoms with Gasteiger partial charge in [-0.15, -0.1) is 0 Å². The van der Waals surface area contributed by atoms with Gasteiger partial charge < -0.3 is 14.8 Å². The van der Waals surface area contributed by atoms with Crippen LogP contribution in [0, 0.1) is 6.92 Å². The van der Waals surface area contributed by atoms with Gasteiger partial charge in [0.1, 0.15) is 6.61 Å². The molecule has 0 fully saturated rings. The number of hydrogen-bond acceptors (Lipinski definition) is 6. The molecule has 2 aromatic carbocycles. The Bertz CT molecular complexity index is 962. The molecule has 1 aromatic heterocycles. The van der Waals surface area contributed by atoms with Crippen molar-refractivity contribution in [1.82, 2.24) is 9.97 Å². The number of fused-ring (bicyclic) bond motifs is 1. The minimum absolute atomic E-state index is 0.144. The number of benzene rings is 2. The first kappa shape index (κ1) is 19.3. The second-order valence-electron chi connectivity index (χ2n) is 5.83. The molecule has 1 heterocycles. The average molecular weight is 430 g/mol. The monoisotopic (exact) mass is 429 g/mol. The fourth-order valence-electron chi connectivity index (χ4n) is 2.49. The minimum Gasteiger partial charge on any atom is -0.458 e. The highest BCUT2D eigenvalue weighted by Crippen LogP contribution is 2.25. The summed E-state index contributed by atoms with van der Waals surface area (Å²) in [6.45, 7) is 4.96. The van der Waals surface area contributed by atoms with Crippen LogP contribution in [0.1, 0.15) is 23.0 Å². The number of nitrogens with zero attached hydrogens (tertiary/aromatic N) is 2. The lowest BCUT2D eigenvalue weighted by Crippen LogP contribution is -2.15. The van der Waals surface area contributed by atoms with Gasteiger partial charge >= 0.3 is 5.97 Å². The van der Waals surface area contributed by atoms with Crippen LogP contribution in [0.5, 0.6) is 0 Å². The second-order valence-corrected chi connectivity index (χ2v) is 6.69. The SMILES string of the molecule is CCOCCOC(=O)c1nc2ccccc2nc1Nc1ccc(Br)c(C)c1. The van der Waals surface area contributed by atoms with Gasteiger partial charge in [0.2, 0.25) is 0 Å². The van der Waals surface area contributed by atoms with E-state index in [0.29, 0.717) is 30.1 Å². The summed E-state index contributed by atoms with van der Waals surface area (Å²) < 4.78 is 11.5. The van der Waals surface area contributed by atoms with Gasteiger partial charge in [0.25, 0.3) is 0 Å². The third-order valence-electron chi connectivity index (χ3n) is 3.85. The van der Waals surface area contributed by atoms with Gasteiger partial charge in [-0.25, -0.2) is 14.8 Å². The zero-order valence-electron chi connectivity index (χ0n) is 15.2. The van der Waals surface area contributed by atoms with E-state index in [1.165, 1.54) is 0 Å². The largest absolute Gasteiger partial charge is 0.458 e. The molecule has 0 atom stereocenters. The smallest absolute Gasteiger partial charge is 0.360 e. The molecule has 0 saturated carbocycles. The van der Waals surface area contributed by atoms with Crippen molar-refractivity contribution < 1.29 is 14.3 Å². The Labute approximate surface area is 166 Å². The summed E-state index contributed by atoms with van der Waals surface area (Å²) in [6, 6.07) is 13.2. The third kappa shape index (κ3) is 4.81. The first-order valence-electron chi connectivity index (χ1n) is 8.63. The Kier molecular flexibility index (Phi) is 6.36. The van der Waals surface area contributed by atoms with E-state index in [1.54, 1.807) is 0 Å². The van der Waals surface area contributed by atoms with Gasteiger partial charge in [0.05, 0.1) is 17.6 Å². The quantitative estimate of drug-likeness (QED) is 0.435. The van der Waals surface area contributed by atoms with Gasteiger partial charge in [-0.1, -0.05) is 28.1 Å². The van der Waals surface area contributed by atoms with Gasteiger partial charge in [0, 0.05) is 16.8 Å². The lowest BCUT2D eigenvalue weighted by molar-refractivity contribution is 0.0330. The van der Waals surface area contributed by atoms with Crippen molar-refractivity contribution in [2.75, 3.05) is 25.1 Å². The summed E-state index contributed by atoms with van der Waals surface area (Å²) in [4.78, 5) is 21.6. The molecular weight excluding hydrogens is 410 g/mol. The van der Waals surface area contributed by atoms with Crippen molar-refractivity contribution in [2.45, 2.75) is 13.8 Å². The van der Waals surface area contributed by atoms with E-state index in [4.69, 9.17) is 9.47 Å². The fourth-order valence-corrected chi connectivity index (χ4v) is 2.74. The number of halogens is 1. The standard InChI is InChI=1S/C20H20BrN3O3/c1-3-26-10-11-27-20(25)18-19(22-14-8-9-15(21)13(2)12-14)24-17-7-5-4-6-16(17)23-18/h4-9,12H,3,10-11H2,1-2H3,(H,22,24). The molecule has 0 spiro atoms. The highest BCUT2D eigenvalue weighted by molar-refractivity contribution is 9.10. The number of carbonyl (C=O) groups is 1. The molecule has 0 amide bonds. The number of carbonyl (C=O) groups excluding carboxylic acids is 1. The molecule has 0 unspecified atom stereocenters. The molecule has 140 valence electrons. The molecule has 6 nitrogen and oxygen atoms in total. The van der Waals surface area contributed by atoms with Crippen LogP contribution in [0.25, 0.3) is 11.0 Å². The third-order valence-corrected chi connectivity index (χ3v) is 4.74. The highest BCUT2D eigenvalue weighted by Gasteiger charge is 2.18. The molecule has 0 bridgehead atoms. The second kappa shape index (κ2) is 8.92. The number of aromatic nitrogens is 2. The number of hydrogen-bond donors (Lipinski definition) is 1.